The van der Waals surface area contributed by atoms with E-state index in [0.717, 1.165) is 34.4 Å². The Morgan fingerprint density at radius 3 is 3.14 bits per heavy atom. The summed E-state index contributed by atoms with van der Waals surface area (Å²) in [5.41, 5.74) is 6.23. The van der Waals surface area contributed by atoms with E-state index in [4.69, 9.17) is 0 Å². The molecule has 1 N–H and O–H groups in total. The molecule has 0 unspecified atom stereocenters. The molecule has 3 aromatic rings. The highest BCUT2D eigenvalue weighted by atomic mass is 32.1. The molecule has 3 rings (SSSR count). The second kappa shape index (κ2) is 6.41. The molecule has 0 amide bonds. The monoisotopic (exact) mass is 297 g/mol. The van der Waals surface area contributed by atoms with Crippen LogP contribution in [0.4, 0.5) is 5.82 Å². The number of hydrogen-bond acceptors (Lipinski definition) is 6. The van der Waals surface area contributed by atoms with E-state index in [2.05, 4.69) is 37.8 Å². The molecule has 0 radical (unpaired) electrons. The van der Waals surface area contributed by atoms with E-state index in [0.29, 0.717) is 0 Å². The number of nitrogens with zero attached hydrogens (tertiary/aromatic N) is 4. The molecule has 0 aliphatic heterocycles. The molecule has 0 saturated carbocycles. The first-order chi connectivity index (χ1) is 10.4. The van der Waals surface area contributed by atoms with E-state index in [1.165, 1.54) is 5.56 Å². The second-order valence-corrected chi connectivity index (χ2v) is 5.45. The van der Waals surface area contributed by atoms with Crippen LogP contribution >= 0.6 is 11.3 Å². The first-order valence-electron chi connectivity index (χ1n) is 6.78. The van der Waals surface area contributed by atoms with Crippen molar-refractivity contribution in [3.05, 3.63) is 47.4 Å². The Morgan fingerprint density at radius 2 is 2.33 bits per heavy atom. The standard InChI is InChI=1S/C15H15N5S/c1-2-4-12-9-21-14-13(12)17-10-18-15(14)20-19-8-11-5-3-6-16-7-11/h3,5-10H,2,4H2,1H3,(H,17,18,20). The minimum atomic E-state index is 0.743. The fraction of sp³-hybridized carbons (Fsp3) is 0.200. The number of anilines is 1. The zero-order valence-corrected chi connectivity index (χ0v) is 12.5. The lowest BCUT2D eigenvalue weighted by Crippen LogP contribution is -1.95. The highest BCUT2D eigenvalue weighted by molar-refractivity contribution is 7.18. The van der Waals surface area contributed by atoms with Crippen molar-refractivity contribution in [2.45, 2.75) is 19.8 Å². The maximum Gasteiger partial charge on any atom is 0.167 e. The van der Waals surface area contributed by atoms with Gasteiger partial charge >= 0.3 is 0 Å². The first kappa shape index (κ1) is 13.6. The summed E-state index contributed by atoms with van der Waals surface area (Å²) < 4.78 is 1.05. The Bertz CT molecular complexity index is 751. The van der Waals surface area contributed by atoms with Gasteiger partial charge in [0.2, 0.25) is 0 Å². The van der Waals surface area contributed by atoms with Gasteiger partial charge in [-0.3, -0.25) is 10.4 Å². The SMILES string of the molecule is CCCc1csc2c(NN=Cc3cccnc3)ncnc12. The summed E-state index contributed by atoms with van der Waals surface area (Å²) >= 11 is 1.65. The number of aryl methyl sites for hydroxylation is 1. The number of nitrogens with one attached hydrogen (secondary N) is 1. The third kappa shape index (κ3) is 3.05. The molecule has 0 spiro atoms. The van der Waals surface area contributed by atoms with Crippen LogP contribution in [0.15, 0.2) is 41.3 Å². The number of rotatable bonds is 5. The number of hydrazone groups is 1. The Labute approximate surface area is 126 Å². The molecular weight excluding hydrogens is 282 g/mol. The molecule has 0 bridgehead atoms. The fourth-order valence-electron chi connectivity index (χ4n) is 2.05. The van der Waals surface area contributed by atoms with Crippen LogP contribution in [0.5, 0.6) is 0 Å². The number of fused-ring (bicyclic) bond motifs is 1. The van der Waals surface area contributed by atoms with Crippen LogP contribution in [-0.2, 0) is 6.42 Å². The molecule has 3 aromatic heterocycles. The van der Waals surface area contributed by atoms with Gasteiger partial charge in [-0.2, -0.15) is 5.10 Å². The van der Waals surface area contributed by atoms with Crippen molar-refractivity contribution < 1.29 is 0 Å². The second-order valence-electron chi connectivity index (χ2n) is 4.57. The summed E-state index contributed by atoms with van der Waals surface area (Å²) in [6.07, 6.45) is 8.94. The van der Waals surface area contributed by atoms with Crippen LogP contribution < -0.4 is 5.43 Å². The van der Waals surface area contributed by atoms with E-state index < -0.39 is 0 Å². The van der Waals surface area contributed by atoms with Crippen molar-refractivity contribution in [1.82, 2.24) is 15.0 Å². The lowest BCUT2D eigenvalue weighted by molar-refractivity contribution is 0.929. The van der Waals surface area contributed by atoms with E-state index in [-0.39, 0.29) is 0 Å². The van der Waals surface area contributed by atoms with Gasteiger partial charge in [0, 0.05) is 18.0 Å². The largest absolute Gasteiger partial charge is 0.264 e. The average molecular weight is 297 g/mol. The van der Waals surface area contributed by atoms with Gasteiger partial charge in [-0.25, -0.2) is 9.97 Å². The summed E-state index contributed by atoms with van der Waals surface area (Å²) in [5, 5.41) is 6.37. The summed E-state index contributed by atoms with van der Waals surface area (Å²) in [6.45, 7) is 2.17. The maximum atomic E-state index is 4.38. The van der Waals surface area contributed by atoms with Gasteiger partial charge in [0.15, 0.2) is 5.82 Å². The van der Waals surface area contributed by atoms with Crippen molar-refractivity contribution in [3.63, 3.8) is 0 Å². The molecule has 0 fully saturated rings. The van der Waals surface area contributed by atoms with Gasteiger partial charge < -0.3 is 0 Å². The van der Waals surface area contributed by atoms with Crippen LogP contribution in [0.3, 0.4) is 0 Å². The lowest BCUT2D eigenvalue weighted by atomic mass is 10.2. The Balaban J connectivity index is 1.83. The fourth-order valence-corrected chi connectivity index (χ4v) is 3.04. The zero-order valence-electron chi connectivity index (χ0n) is 11.7. The molecule has 0 aliphatic carbocycles. The van der Waals surface area contributed by atoms with Crippen molar-refractivity contribution in [2.24, 2.45) is 5.10 Å². The molecule has 0 aromatic carbocycles. The summed E-state index contributed by atoms with van der Waals surface area (Å²) in [7, 11) is 0. The van der Waals surface area contributed by atoms with Crippen molar-refractivity contribution in [3.8, 4) is 0 Å². The van der Waals surface area contributed by atoms with Crippen LogP contribution in [0, 0.1) is 0 Å². The minimum absolute atomic E-state index is 0.743. The predicted octanol–water partition coefficient (Wildman–Crippen LogP) is 3.48. The Morgan fingerprint density at radius 1 is 1.38 bits per heavy atom. The molecule has 0 aliphatic rings. The maximum absolute atomic E-state index is 4.38. The summed E-state index contributed by atoms with van der Waals surface area (Å²) in [5.74, 6) is 0.743. The van der Waals surface area contributed by atoms with E-state index >= 15 is 0 Å². The quantitative estimate of drug-likeness (QED) is 0.578. The van der Waals surface area contributed by atoms with Gasteiger partial charge in [-0.15, -0.1) is 11.3 Å². The molecule has 6 heteroatoms. The normalized spacial score (nSPS) is 11.3. The highest BCUT2D eigenvalue weighted by Crippen LogP contribution is 2.29. The highest BCUT2D eigenvalue weighted by Gasteiger charge is 2.09. The summed E-state index contributed by atoms with van der Waals surface area (Å²) in [4.78, 5) is 12.7. The third-order valence-corrected chi connectivity index (χ3v) is 4.04. The lowest BCUT2D eigenvalue weighted by Gasteiger charge is -2.01. The van der Waals surface area contributed by atoms with Crippen LogP contribution in [-0.4, -0.2) is 21.2 Å². The Hall–Kier alpha value is -2.34. The van der Waals surface area contributed by atoms with Crippen molar-refractivity contribution in [1.29, 1.82) is 0 Å². The summed E-state index contributed by atoms with van der Waals surface area (Å²) in [6, 6.07) is 3.82. The Kier molecular flexibility index (Phi) is 4.16. The van der Waals surface area contributed by atoms with Gasteiger partial charge in [0.1, 0.15) is 6.33 Å². The van der Waals surface area contributed by atoms with Crippen molar-refractivity contribution >= 4 is 33.6 Å². The van der Waals surface area contributed by atoms with Crippen LogP contribution in [0.1, 0.15) is 24.5 Å². The van der Waals surface area contributed by atoms with Gasteiger partial charge in [0.05, 0.1) is 16.4 Å². The van der Waals surface area contributed by atoms with Crippen molar-refractivity contribution in [2.75, 3.05) is 5.43 Å². The number of aromatic nitrogens is 3. The average Bonchev–Trinajstić information content (AvgIpc) is 2.93. The molecular formula is C15H15N5S. The number of hydrogen-bond donors (Lipinski definition) is 1. The van der Waals surface area contributed by atoms with Crippen LogP contribution in [0.25, 0.3) is 10.2 Å². The van der Waals surface area contributed by atoms with Gasteiger partial charge in [0.25, 0.3) is 0 Å². The molecule has 21 heavy (non-hydrogen) atoms. The minimum Gasteiger partial charge on any atom is -0.264 e. The van der Waals surface area contributed by atoms with Crippen LogP contribution in [0.2, 0.25) is 0 Å². The van der Waals surface area contributed by atoms with Gasteiger partial charge in [-0.1, -0.05) is 19.4 Å². The topological polar surface area (TPSA) is 63.1 Å². The molecule has 0 saturated heterocycles. The molecule has 3 heterocycles. The van der Waals surface area contributed by atoms with Gasteiger partial charge in [-0.05, 0) is 23.4 Å². The third-order valence-electron chi connectivity index (χ3n) is 3.01. The van der Waals surface area contributed by atoms with E-state index in [1.54, 1.807) is 36.3 Å². The van der Waals surface area contributed by atoms with E-state index in [1.807, 2.05) is 12.1 Å². The van der Waals surface area contributed by atoms with E-state index in [9.17, 15) is 0 Å². The zero-order chi connectivity index (χ0) is 14.5. The smallest absolute Gasteiger partial charge is 0.167 e. The number of thiophene rings is 1. The predicted molar refractivity (Wildman–Crippen MR) is 86.9 cm³/mol. The first-order valence-corrected chi connectivity index (χ1v) is 7.66. The molecule has 0 atom stereocenters. The molecule has 5 nitrogen and oxygen atoms in total. The molecule has 106 valence electrons. The number of pyridine rings is 1.